The van der Waals surface area contributed by atoms with Crippen molar-refractivity contribution < 1.29 is 13.2 Å². The van der Waals surface area contributed by atoms with Crippen LogP contribution in [0.2, 0.25) is 0 Å². The summed E-state index contributed by atoms with van der Waals surface area (Å²) in [6.45, 7) is 4.25. The number of fused-ring (bicyclic) bond motifs is 2. The van der Waals surface area contributed by atoms with Crippen LogP contribution in [0.5, 0.6) is 0 Å². The zero-order chi connectivity index (χ0) is 19.9. The Kier molecular flexibility index (Phi) is 4.91. The number of rotatable bonds is 4. The molecule has 2 heterocycles. The van der Waals surface area contributed by atoms with Gasteiger partial charge >= 0.3 is 0 Å². The summed E-state index contributed by atoms with van der Waals surface area (Å²) in [5.41, 5.74) is 3.64. The molecule has 2 aromatic rings. The monoisotopic (exact) mass is 398 g/mol. The molecule has 148 valence electrons. The third kappa shape index (κ3) is 3.09. The van der Waals surface area contributed by atoms with Gasteiger partial charge in [0.25, 0.3) is 10.0 Å². The minimum absolute atomic E-state index is 0.0117. The molecule has 1 amide bonds. The predicted molar refractivity (Wildman–Crippen MR) is 111 cm³/mol. The van der Waals surface area contributed by atoms with Crippen molar-refractivity contribution in [1.29, 1.82) is 0 Å². The lowest BCUT2D eigenvalue weighted by molar-refractivity contribution is -0.116. The van der Waals surface area contributed by atoms with Crippen LogP contribution in [0.25, 0.3) is 0 Å². The number of sulfonamides is 1. The van der Waals surface area contributed by atoms with E-state index in [1.54, 1.807) is 34.3 Å². The first kappa shape index (κ1) is 19.0. The van der Waals surface area contributed by atoms with Crippen LogP contribution in [-0.4, -0.2) is 26.9 Å². The van der Waals surface area contributed by atoms with Gasteiger partial charge in [0, 0.05) is 25.2 Å². The summed E-state index contributed by atoms with van der Waals surface area (Å²) in [6.07, 6.45) is 4.22. The summed E-state index contributed by atoms with van der Waals surface area (Å²) in [7, 11) is -3.68. The molecule has 5 nitrogen and oxygen atoms in total. The van der Waals surface area contributed by atoms with E-state index in [0.29, 0.717) is 17.9 Å². The van der Waals surface area contributed by atoms with Crippen molar-refractivity contribution in [1.82, 2.24) is 0 Å². The zero-order valence-electron chi connectivity index (χ0n) is 16.4. The highest BCUT2D eigenvalue weighted by Gasteiger charge is 2.36. The van der Waals surface area contributed by atoms with E-state index in [-0.39, 0.29) is 11.9 Å². The lowest BCUT2D eigenvalue weighted by atomic mass is 9.95. The van der Waals surface area contributed by atoms with Gasteiger partial charge in [-0.3, -0.25) is 9.10 Å². The van der Waals surface area contributed by atoms with Crippen LogP contribution in [0.3, 0.4) is 0 Å². The topological polar surface area (TPSA) is 57.7 Å². The number of hydrogen-bond donors (Lipinski definition) is 0. The molecule has 0 fully saturated rings. The standard InChI is InChI=1S/C22H26N2O3S/c1-3-6-19-10-9-17-7-4-5-8-22(17)24(19)28(26,27)20-11-12-21-18(15-20)13-14-23(21)16(2)25/h4-5,7-8,11-12,15,19H,3,6,9-10,13-14H2,1-2H3/t19-/m0/s1. The maximum atomic E-state index is 13.7. The molecule has 0 aliphatic carbocycles. The lowest BCUT2D eigenvalue weighted by Gasteiger charge is -2.38. The molecular formula is C22H26N2O3S. The highest BCUT2D eigenvalue weighted by molar-refractivity contribution is 7.92. The quantitative estimate of drug-likeness (QED) is 0.785. The van der Waals surface area contributed by atoms with Gasteiger partial charge in [-0.05, 0) is 61.1 Å². The van der Waals surface area contributed by atoms with Crippen molar-refractivity contribution in [2.24, 2.45) is 0 Å². The smallest absolute Gasteiger partial charge is 0.264 e. The van der Waals surface area contributed by atoms with E-state index in [1.165, 1.54) is 0 Å². The van der Waals surface area contributed by atoms with Crippen molar-refractivity contribution in [3.63, 3.8) is 0 Å². The Balaban J connectivity index is 1.78. The van der Waals surface area contributed by atoms with Crippen molar-refractivity contribution in [2.75, 3.05) is 15.7 Å². The minimum atomic E-state index is -3.68. The van der Waals surface area contributed by atoms with E-state index in [2.05, 4.69) is 6.92 Å². The number of anilines is 2. The van der Waals surface area contributed by atoms with Crippen LogP contribution in [0.4, 0.5) is 11.4 Å². The van der Waals surface area contributed by atoms with Gasteiger partial charge in [-0.15, -0.1) is 0 Å². The first-order valence-corrected chi connectivity index (χ1v) is 11.4. The van der Waals surface area contributed by atoms with Gasteiger partial charge in [-0.1, -0.05) is 31.5 Å². The zero-order valence-corrected chi connectivity index (χ0v) is 17.2. The van der Waals surface area contributed by atoms with E-state index in [1.807, 2.05) is 24.3 Å². The Labute approximate surface area is 167 Å². The van der Waals surface area contributed by atoms with Crippen molar-refractivity contribution in [2.45, 2.75) is 56.9 Å². The third-order valence-electron chi connectivity index (χ3n) is 5.81. The fourth-order valence-corrected chi connectivity index (χ4v) is 6.27. The maximum absolute atomic E-state index is 13.7. The Hall–Kier alpha value is -2.34. The Morgan fingerprint density at radius 1 is 1.07 bits per heavy atom. The summed E-state index contributed by atoms with van der Waals surface area (Å²) >= 11 is 0. The third-order valence-corrected chi connectivity index (χ3v) is 7.68. The van der Waals surface area contributed by atoms with Crippen LogP contribution in [0, 0.1) is 0 Å². The molecule has 2 aromatic carbocycles. The predicted octanol–water partition coefficient (Wildman–Crippen LogP) is 3.91. The van der Waals surface area contributed by atoms with Crippen LogP contribution >= 0.6 is 0 Å². The van der Waals surface area contributed by atoms with Crippen LogP contribution in [0.15, 0.2) is 47.4 Å². The van der Waals surface area contributed by atoms with Gasteiger partial charge < -0.3 is 4.90 Å². The van der Waals surface area contributed by atoms with Gasteiger partial charge in [0.2, 0.25) is 5.91 Å². The van der Waals surface area contributed by atoms with E-state index >= 15 is 0 Å². The van der Waals surface area contributed by atoms with Crippen molar-refractivity contribution in [3.05, 3.63) is 53.6 Å². The molecule has 4 rings (SSSR count). The number of amides is 1. The molecule has 28 heavy (non-hydrogen) atoms. The maximum Gasteiger partial charge on any atom is 0.264 e. The SMILES string of the molecule is CCC[C@H]1CCc2ccccc2N1S(=O)(=O)c1ccc2c(c1)CCN2C(C)=O. The molecule has 1 atom stereocenters. The summed E-state index contributed by atoms with van der Waals surface area (Å²) < 4.78 is 29.0. The van der Waals surface area contributed by atoms with E-state index < -0.39 is 10.0 Å². The second-order valence-corrected chi connectivity index (χ2v) is 9.44. The average molecular weight is 399 g/mol. The highest BCUT2D eigenvalue weighted by atomic mass is 32.2. The Morgan fingerprint density at radius 3 is 2.61 bits per heavy atom. The summed E-state index contributed by atoms with van der Waals surface area (Å²) in [6, 6.07) is 13.0. The number of carbonyl (C=O) groups is 1. The van der Waals surface area contributed by atoms with E-state index in [4.69, 9.17) is 0 Å². The number of benzene rings is 2. The number of hydrogen-bond acceptors (Lipinski definition) is 3. The number of para-hydroxylation sites is 1. The number of carbonyl (C=O) groups excluding carboxylic acids is 1. The van der Waals surface area contributed by atoms with E-state index in [9.17, 15) is 13.2 Å². The average Bonchev–Trinajstić information content (AvgIpc) is 3.11. The van der Waals surface area contributed by atoms with Gasteiger partial charge in [0.1, 0.15) is 0 Å². The number of aryl methyl sites for hydroxylation is 1. The van der Waals surface area contributed by atoms with Crippen LogP contribution < -0.4 is 9.21 Å². The van der Waals surface area contributed by atoms with Gasteiger partial charge in [0.15, 0.2) is 0 Å². The first-order valence-electron chi connectivity index (χ1n) is 9.97. The van der Waals surface area contributed by atoms with E-state index in [0.717, 1.165) is 48.2 Å². The fraction of sp³-hybridized carbons (Fsp3) is 0.409. The number of nitrogens with zero attached hydrogens (tertiary/aromatic N) is 2. The van der Waals surface area contributed by atoms with Crippen molar-refractivity contribution >= 4 is 27.3 Å². The normalized spacial score (nSPS) is 18.7. The molecule has 0 N–H and O–H groups in total. The van der Waals surface area contributed by atoms with Crippen LogP contribution in [-0.2, 0) is 27.7 Å². The summed E-state index contributed by atoms with van der Waals surface area (Å²) in [5, 5.41) is 0. The molecule has 0 aromatic heterocycles. The molecule has 6 heteroatoms. The fourth-order valence-electron chi connectivity index (χ4n) is 4.47. The molecule has 0 radical (unpaired) electrons. The molecular weight excluding hydrogens is 372 g/mol. The highest BCUT2D eigenvalue weighted by Crippen LogP contribution is 2.38. The van der Waals surface area contributed by atoms with Crippen LogP contribution in [0.1, 0.15) is 44.2 Å². The minimum Gasteiger partial charge on any atom is -0.312 e. The molecule has 0 saturated heterocycles. The second-order valence-electron chi connectivity index (χ2n) is 7.62. The van der Waals surface area contributed by atoms with Crippen molar-refractivity contribution in [3.8, 4) is 0 Å². The second kappa shape index (κ2) is 7.24. The molecule has 0 unspecified atom stereocenters. The molecule has 2 aliphatic rings. The Morgan fingerprint density at radius 2 is 1.86 bits per heavy atom. The first-order chi connectivity index (χ1) is 13.4. The lowest BCUT2D eigenvalue weighted by Crippen LogP contribution is -2.43. The molecule has 0 bridgehead atoms. The summed E-state index contributed by atoms with van der Waals surface area (Å²) in [4.78, 5) is 13.8. The summed E-state index contributed by atoms with van der Waals surface area (Å²) in [5.74, 6) is -0.0117. The van der Waals surface area contributed by atoms with Gasteiger partial charge in [-0.2, -0.15) is 0 Å². The largest absolute Gasteiger partial charge is 0.312 e. The Bertz CT molecular complexity index is 1020. The molecule has 0 saturated carbocycles. The van der Waals surface area contributed by atoms with Gasteiger partial charge in [0.05, 0.1) is 10.6 Å². The van der Waals surface area contributed by atoms with Gasteiger partial charge in [-0.25, -0.2) is 8.42 Å². The molecule has 2 aliphatic heterocycles. The molecule has 0 spiro atoms.